The lowest BCUT2D eigenvalue weighted by Gasteiger charge is -2.30. The number of aromatic nitrogens is 2. The lowest BCUT2D eigenvalue weighted by molar-refractivity contribution is -0.0532. The predicted octanol–water partition coefficient (Wildman–Crippen LogP) is 2.48. The maximum Gasteiger partial charge on any atom is 0.104 e. The first kappa shape index (κ1) is 11.2. The molecule has 3 heteroatoms. The van der Waals surface area contributed by atoms with Gasteiger partial charge >= 0.3 is 0 Å². The van der Waals surface area contributed by atoms with Crippen molar-refractivity contribution in [2.75, 3.05) is 6.61 Å². The molecule has 0 fully saturated rings. The minimum atomic E-state index is -0.167. The van der Waals surface area contributed by atoms with Crippen molar-refractivity contribution in [3.8, 4) is 0 Å². The van der Waals surface area contributed by atoms with E-state index < -0.39 is 0 Å². The van der Waals surface area contributed by atoms with Gasteiger partial charge in [-0.05, 0) is 26.8 Å². The van der Waals surface area contributed by atoms with Gasteiger partial charge in [-0.15, -0.1) is 0 Å². The number of hydrogen-bond donors (Lipinski definition) is 0. The quantitative estimate of drug-likeness (QED) is 0.637. The molecule has 0 aromatic carbocycles. The van der Waals surface area contributed by atoms with Gasteiger partial charge in [-0.2, -0.15) is 5.10 Å². The summed E-state index contributed by atoms with van der Waals surface area (Å²) in [5.74, 6) is 0. The number of aryl methyl sites for hydroxylation is 1. The fraction of sp³-hybridized carbons (Fsp3) is 0.727. The third kappa shape index (κ3) is 1.98. The lowest BCUT2D eigenvalue weighted by Crippen LogP contribution is -2.33. The number of ether oxygens (including phenoxy) is 1. The van der Waals surface area contributed by atoms with Crippen molar-refractivity contribution < 1.29 is 4.74 Å². The molecule has 0 saturated carbocycles. The van der Waals surface area contributed by atoms with E-state index in [1.807, 2.05) is 25.5 Å². The van der Waals surface area contributed by atoms with Gasteiger partial charge in [0.05, 0.1) is 24.5 Å². The third-order valence-corrected chi connectivity index (χ3v) is 2.28. The SMILES string of the molecule is CC.Cc1cc2n(n1)CCOC2(C)C. The third-order valence-electron chi connectivity index (χ3n) is 2.28. The van der Waals surface area contributed by atoms with Crippen LogP contribution in [0.4, 0.5) is 0 Å². The van der Waals surface area contributed by atoms with Gasteiger partial charge in [-0.25, -0.2) is 0 Å². The van der Waals surface area contributed by atoms with Crippen molar-refractivity contribution in [3.05, 3.63) is 17.5 Å². The molecular formula is C11H20N2O. The summed E-state index contributed by atoms with van der Waals surface area (Å²) in [6.07, 6.45) is 0. The molecule has 0 spiro atoms. The molecule has 1 aliphatic rings. The van der Waals surface area contributed by atoms with E-state index in [1.165, 1.54) is 5.69 Å². The second kappa shape index (κ2) is 4.13. The van der Waals surface area contributed by atoms with E-state index >= 15 is 0 Å². The normalized spacial score (nSPS) is 18.1. The Balaban J connectivity index is 0.000000461. The number of rotatable bonds is 0. The predicted molar refractivity (Wildman–Crippen MR) is 57.3 cm³/mol. The largest absolute Gasteiger partial charge is 0.367 e. The van der Waals surface area contributed by atoms with Crippen molar-refractivity contribution in [1.82, 2.24) is 9.78 Å². The molecule has 0 aliphatic carbocycles. The van der Waals surface area contributed by atoms with Gasteiger partial charge < -0.3 is 4.74 Å². The van der Waals surface area contributed by atoms with Crippen LogP contribution in [0, 0.1) is 6.92 Å². The first-order valence-corrected chi connectivity index (χ1v) is 5.28. The van der Waals surface area contributed by atoms with Gasteiger partial charge in [0.2, 0.25) is 0 Å². The van der Waals surface area contributed by atoms with E-state index in [-0.39, 0.29) is 5.60 Å². The zero-order chi connectivity index (χ0) is 10.8. The fourth-order valence-corrected chi connectivity index (χ4v) is 1.66. The van der Waals surface area contributed by atoms with Crippen molar-refractivity contribution in [2.45, 2.75) is 46.8 Å². The maximum atomic E-state index is 5.64. The van der Waals surface area contributed by atoms with E-state index in [2.05, 4.69) is 25.0 Å². The molecule has 0 saturated heterocycles. The summed E-state index contributed by atoms with van der Waals surface area (Å²) in [6.45, 7) is 11.8. The molecule has 1 aromatic rings. The van der Waals surface area contributed by atoms with Gasteiger partial charge in [0.1, 0.15) is 5.60 Å². The van der Waals surface area contributed by atoms with Crippen LogP contribution in [-0.4, -0.2) is 16.4 Å². The van der Waals surface area contributed by atoms with Crippen molar-refractivity contribution >= 4 is 0 Å². The number of nitrogens with zero attached hydrogens (tertiary/aromatic N) is 2. The van der Waals surface area contributed by atoms with E-state index in [4.69, 9.17) is 4.74 Å². The highest BCUT2D eigenvalue weighted by molar-refractivity contribution is 5.16. The molecule has 0 amide bonds. The summed E-state index contributed by atoms with van der Waals surface area (Å²) < 4.78 is 7.68. The molecule has 1 aliphatic heterocycles. The van der Waals surface area contributed by atoms with Crippen molar-refractivity contribution in [3.63, 3.8) is 0 Å². The second-order valence-electron chi connectivity index (χ2n) is 3.75. The van der Waals surface area contributed by atoms with E-state index in [0.717, 1.165) is 18.8 Å². The summed E-state index contributed by atoms with van der Waals surface area (Å²) in [5.41, 5.74) is 2.09. The summed E-state index contributed by atoms with van der Waals surface area (Å²) in [6, 6.07) is 2.10. The Labute approximate surface area is 86.1 Å². The zero-order valence-corrected chi connectivity index (χ0v) is 9.79. The molecule has 14 heavy (non-hydrogen) atoms. The van der Waals surface area contributed by atoms with Crippen LogP contribution < -0.4 is 0 Å². The zero-order valence-electron chi connectivity index (χ0n) is 9.79. The molecule has 0 bridgehead atoms. The van der Waals surface area contributed by atoms with Crippen LogP contribution in [0.25, 0.3) is 0 Å². The van der Waals surface area contributed by atoms with E-state index in [1.54, 1.807) is 0 Å². The fourth-order valence-electron chi connectivity index (χ4n) is 1.66. The van der Waals surface area contributed by atoms with Crippen molar-refractivity contribution in [1.29, 1.82) is 0 Å². The second-order valence-corrected chi connectivity index (χ2v) is 3.75. The minimum Gasteiger partial charge on any atom is -0.367 e. The average Bonchev–Trinajstić information content (AvgIpc) is 2.50. The average molecular weight is 196 g/mol. The Bertz CT molecular complexity index is 302. The Morgan fingerprint density at radius 2 is 2.07 bits per heavy atom. The maximum absolute atomic E-state index is 5.64. The molecule has 2 heterocycles. The van der Waals surface area contributed by atoms with Crippen molar-refractivity contribution in [2.24, 2.45) is 0 Å². The van der Waals surface area contributed by atoms with Gasteiger partial charge in [-0.3, -0.25) is 4.68 Å². The van der Waals surface area contributed by atoms with Gasteiger partial charge in [0.15, 0.2) is 0 Å². The summed E-state index contributed by atoms with van der Waals surface area (Å²) in [7, 11) is 0. The monoisotopic (exact) mass is 196 g/mol. The summed E-state index contributed by atoms with van der Waals surface area (Å²) in [5, 5.41) is 4.38. The molecule has 0 atom stereocenters. The summed E-state index contributed by atoms with van der Waals surface area (Å²) >= 11 is 0. The van der Waals surface area contributed by atoms with E-state index in [9.17, 15) is 0 Å². The highest BCUT2D eigenvalue weighted by Gasteiger charge is 2.29. The molecule has 3 nitrogen and oxygen atoms in total. The molecule has 2 rings (SSSR count). The van der Waals surface area contributed by atoms with Crippen LogP contribution in [0.1, 0.15) is 39.1 Å². The Morgan fingerprint density at radius 3 is 2.64 bits per heavy atom. The van der Waals surface area contributed by atoms with Crippen LogP contribution in [0.3, 0.4) is 0 Å². The Kier molecular flexibility index (Phi) is 3.32. The molecule has 1 aromatic heterocycles. The topological polar surface area (TPSA) is 27.1 Å². The van der Waals surface area contributed by atoms with Crippen LogP contribution in [0.5, 0.6) is 0 Å². The smallest absolute Gasteiger partial charge is 0.104 e. The highest BCUT2D eigenvalue weighted by atomic mass is 16.5. The van der Waals surface area contributed by atoms with Crippen LogP contribution in [-0.2, 0) is 16.9 Å². The van der Waals surface area contributed by atoms with Gasteiger partial charge in [0, 0.05) is 0 Å². The molecule has 80 valence electrons. The minimum absolute atomic E-state index is 0.167. The molecular weight excluding hydrogens is 176 g/mol. The van der Waals surface area contributed by atoms with Gasteiger partial charge in [0.25, 0.3) is 0 Å². The summed E-state index contributed by atoms with van der Waals surface area (Å²) in [4.78, 5) is 0. The van der Waals surface area contributed by atoms with Crippen LogP contribution in [0.15, 0.2) is 6.07 Å². The van der Waals surface area contributed by atoms with Gasteiger partial charge in [-0.1, -0.05) is 13.8 Å². The molecule has 0 N–H and O–H groups in total. The lowest BCUT2D eigenvalue weighted by atomic mass is 10.0. The standard InChI is InChI=1S/C9H14N2O.C2H6/c1-7-6-8-9(2,3)12-5-4-11(8)10-7;1-2/h6H,4-5H2,1-3H3;1-2H3. The van der Waals surface area contributed by atoms with Crippen LogP contribution >= 0.6 is 0 Å². The number of hydrogen-bond acceptors (Lipinski definition) is 2. The number of fused-ring (bicyclic) bond motifs is 1. The molecule has 0 radical (unpaired) electrons. The highest BCUT2D eigenvalue weighted by Crippen LogP contribution is 2.28. The first-order chi connectivity index (χ1) is 6.59. The Morgan fingerprint density at radius 1 is 1.43 bits per heavy atom. The van der Waals surface area contributed by atoms with E-state index in [0.29, 0.717) is 0 Å². The molecule has 0 unspecified atom stereocenters. The Hall–Kier alpha value is -0.830. The van der Waals surface area contributed by atoms with Crippen LogP contribution in [0.2, 0.25) is 0 Å². The first-order valence-electron chi connectivity index (χ1n) is 5.28.